The highest BCUT2D eigenvalue weighted by atomic mass is 16.1. The molecule has 0 unspecified atom stereocenters. The Balaban J connectivity index is 1.99. The third kappa shape index (κ3) is 1.18. The average Bonchev–Trinajstić information content (AvgIpc) is 2.95. The summed E-state index contributed by atoms with van der Waals surface area (Å²) in [4.78, 5) is 15.6. The smallest absolute Gasteiger partial charge is 0.267 e. The van der Waals surface area contributed by atoms with Crippen LogP contribution in [0.5, 0.6) is 0 Å². The Hall–Kier alpha value is -1.44. The van der Waals surface area contributed by atoms with E-state index in [1.54, 1.807) is 0 Å². The summed E-state index contributed by atoms with van der Waals surface area (Å²) in [5.41, 5.74) is 2.85. The largest absolute Gasteiger partial charge is 0.277 e. The lowest BCUT2D eigenvalue weighted by Crippen LogP contribution is -1.98. The standard InChI is InChI=1S/C12H11NO/c14-12-10-4-2-1-3-9(10)11(13-12)7-8-5-6-8/h1-4,8H,5-7H2. The van der Waals surface area contributed by atoms with Crippen LogP contribution in [-0.4, -0.2) is 11.6 Å². The van der Waals surface area contributed by atoms with Crippen molar-refractivity contribution >= 4 is 11.6 Å². The van der Waals surface area contributed by atoms with Crippen LogP contribution in [0.25, 0.3) is 0 Å². The number of carbonyl (C=O) groups is 1. The Bertz CT molecular complexity index is 430. The molecule has 1 aliphatic carbocycles. The first-order chi connectivity index (χ1) is 6.84. The fraction of sp³-hybridized carbons (Fsp3) is 0.333. The summed E-state index contributed by atoms with van der Waals surface area (Å²) in [5.74, 6) is 0.726. The number of rotatable bonds is 2. The highest BCUT2D eigenvalue weighted by Crippen LogP contribution is 2.35. The first kappa shape index (κ1) is 7.92. The molecule has 1 aromatic carbocycles. The Labute approximate surface area is 82.7 Å². The van der Waals surface area contributed by atoms with Crippen LogP contribution in [0.15, 0.2) is 29.3 Å². The molecule has 2 nitrogen and oxygen atoms in total. The van der Waals surface area contributed by atoms with Crippen LogP contribution >= 0.6 is 0 Å². The maximum atomic E-state index is 11.5. The van der Waals surface area contributed by atoms with Crippen molar-refractivity contribution in [1.29, 1.82) is 0 Å². The van der Waals surface area contributed by atoms with E-state index in [-0.39, 0.29) is 5.91 Å². The lowest BCUT2D eigenvalue weighted by molar-refractivity contribution is 0.101. The fourth-order valence-electron chi connectivity index (χ4n) is 1.92. The van der Waals surface area contributed by atoms with Gasteiger partial charge in [-0.2, -0.15) is 0 Å². The van der Waals surface area contributed by atoms with Gasteiger partial charge in [0.1, 0.15) is 0 Å². The second kappa shape index (κ2) is 2.77. The van der Waals surface area contributed by atoms with E-state index in [4.69, 9.17) is 0 Å². The number of nitrogens with zero attached hydrogens (tertiary/aromatic N) is 1. The van der Waals surface area contributed by atoms with Crippen molar-refractivity contribution < 1.29 is 4.79 Å². The van der Waals surface area contributed by atoms with Gasteiger partial charge < -0.3 is 0 Å². The molecule has 0 N–H and O–H groups in total. The van der Waals surface area contributed by atoms with Gasteiger partial charge in [-0.15, -0.1) is 0 Å². The third-order valence-electron chi connectivity index (χ3n) is 2.88. The molecule has 1 saturated carbocycles. The summed E-state index contributed by atoms with van der Waals surface area (Å²) < 4.78 is 0. The highest BCUT2D eigenvalue weighted by Gasteiger charge is 2.29. The van der Waals surface area contributed by atoms with Gasteiger partial charge in [0.25, 0.3) is 5.91 Å². The Morgan fingerprint density at radius 1 is 1.21 bits per heavy atom. The Kier molecular flexibility index (Phi) is 1.57. The molecule has 0 radical (unpaired) electrons. The van der Waals surface area contributed by atoms with Crippen molar-refractivity contribution in [1.82, 2.24) is 0 Å². The Morgan fingerprint density at radius 3 is 2.64 bits per heavy atom. The fourth-order valence-corrected chi connectivity index (χ4v) is 1.92. The molecule has 0 bridgehead atoms. The summed E-state index contributed by atoms with van der Waals surface area (Å²) in [6.45, 7) is 0. The predicted molar refractivity (Wildman–Crippen MR) is 54.7 cm³/mol. The molecule has 1 heterocycles. The van der Waals surface area contributed by atoms with E-state index < -0.39 is 0 Å². The van der Waals surface area contributed by atoms with Gasteiger partial charge >= 0.3 is 0 Å². The van der Waals surface area contributed by atoms with Crippen molar-refractivity contribution in [3.8, 4) is 0 Å². The lowest BCUT2D eigenvalue weighted by Gasteiger charge is -1.99. The van der Waals surface area contributed by atoms with Crippen molar-refractivity contribution in [3.05, 3.63) is 35.4 Å². The monoisotopic (exact) mass is 185 g/mol. The number of hydrogen-bond donors (Lipinski definition) is 0. The molecule has 2 aliphatic rings. The molecule has 14 heavy (non-hydrogen) atoms. The van der Waals surface area contributed by atoms with Crippen molar-refractivity contribution in [3.63, 3.8) is 0 Å². The summed E-state index contributed by atoms with van der Waals surface area (Å²) >= 11 is 0. The molecule has 70 valence electrons. The molecule has 0 aromatic heterocycles. The zero-order chi connectivity index (χ0) is 9.54. The summed E-state index contributed by atoms with van der Waals surface area (Å²) in [5, 5.41) is 0. The van der Waals surface area contributed by atoms with Crippen LogP contribution in [0.3, 0.4) is 0 Å². The predicted octanol–water partition coefficient (Wildman–Crippen LogP) is 2.43. The maximum absolute atomic E-state index is 11.5. The highest BCUT2D eigenvalue weighted by molar-refractivity contribution is 6.21. The number of hydrogen-bond acceptors (Lipinski definition) is 1. The van der Waals surface area contributed by atoms with Gasteiger partial charge in [-0.05, 0) is 31.2 Å². The van der Waals surface area contributed by atoms with Crippen molar-refractivity contribution in [2.24, 2.45) is 10.9 Å². The van der Waals surface area contributed by atoms with Crippen LogP contribution in [0.4, 0.5) is 0 Å². The molecule has 0 saturated heterocycles. The summed E-state index contributed by atoms with van der Waals surface area (Å²) in [6.07, 6.45) is 3.59. The molecule has 0 spiro atoms. The van der Waals surface area contributed by atoms with E-state index in [1.807, 2.05) is 24.3 Å². The molecule has 1 fully saturated rings. The quantitative estimate of drug-likeness (QED) is 0.695. The van der Waals surface area contributed by atoms with Crippen LogP contribution in [0.2, 0.25) is 0 Å². The van der Waals surface area contributed by atoms with E-state index in [1.165, 1.54) is 12.8 Å². The molecular formula is C12H11NO. The second-order valence-electron chi connectivity index (χ2n) is 4.06. The minimum Gasteiger partial charge on any atom is -0.267 e. The van der Waals surface area contributed by atoms with E-state index in [0.717, 1.165) is 29.2 Å². The van der Waals surface area contributed by atoms with Gasteiger partial charge in [-0.25, -0.2) is 4.99 Å². The first-order valence-electron chi connectivity index (χ1n) is 5.06. The number of benzene rings is 1. The molecule has 0 atom stereocenters. The van der Waals surface area contributed by atoms with Gasteiger partial charge in [0.2, 0.25) is 0 Å². The van der Waals surface area contributed by atoms with Gasteiger partial charge in [0, 0.05) is 5.56 Å². The molecule has 1 amide bonds. The number of carbonyl (C=O) groups excluding carboxylic acids is 1. The normalized spacial score (nSPS) is 19.4. The summed E-state index contributed by atoms with van der Waals surface area (Å²) in [6, 6.07) is 7.73. The van der Waals surface area contributed by atoms with Crippen molar-refractivity contribution in [2.75, 3.05) is 0 Å². The zero-order valence-corrected chi connectivity index (χ0v) is 7.86. The van der Waals surface area contributed by atoms with Gasteiger partial charge in [-0.1, -0.05) is 18.2 Å². The van der Waals surface area contributed by atoms with E-state index >= 15 is 0 Å². The number of fused-ring (bicyclic) bond motifs is 1. The maximum Gasteiger partial charge on any atom is 0.277 e. The lowest BCUT2D eigenvalue weighted by atomic mass is 10.0. The van der Waals surface area contributed by atoms with Crippen LogP contribution < -0.4 is 0 Å². The Morgan fingerprint density at radius 2 is 1.93 bits per heavy atom. The SMILES string of the molecule is O=C1N=C(CC2CC2)c2ccccc21. The third-order valence-corrected chi connectivity index (χ3v) is 2.88. The molecular weight excluding hydrogens is 174 g/mol. The van der Waals surface area contributed by atoms with Crippen molar-refractivity contribution in [2.45, 2.75) is 19.3 Å². The minimum absolute atomic E-state index is 0.0590. The first-order valence-corrected chi connectivity index (χ1v) is 5.06. The summed E-state index contributed by atoms with van der Waals surface area (Å²) in [7, 11) is 0. The zero-order valence-electron chi connectivity index (χ0n) is 7.86. The minimum atomic E-state index is -0.0590. The van der Waals surface area contributed by atoms with E-state index in [9.17, 15) is 4.79 Å². The van der Waals surface area contributed by atoms with Gasteiger partial charge in [0.05, 0.1) is 11.3 Å². The van der Waals surface area contributed by atoms with E-state index in [2.05, 4.69) is 4.99 Å². The molecule has 1 aliphatic heterocycles. The van der Waals surface area contributed by atoms with Crippen LogP contribution in [0.1, 0.15) is 35.2 Å². The van der Waals surface area contributed by atoms with Gasteiger partial charge in [-0.3, -0.25) is 4.79 Å². The molecule has 3 rings (SSSR count). The number of aliphatic imine (C=N–C) groups is 1. The van der Waals surface area contributed by atoms with Gasteiger partial charge in [0.15, 0.2) is 0 Å². The molecule has 2 heteroatoms. The topological polar surface area (TPSA) is 29.4 Å². The van der Waals surface area contributed by atoms with Crippen LogP contribution in [0, 0.1) is 5.92 Å². The molecule has 1 aromatic rings. The van der Waals surface area contributed by atoms with Crippen LogP contribution in [-0.2, 0) is 0 Å². The number of amides is 1. The average molecular weight is 185 g/mol. The second-order valence-corrected chi connectivity index (χ2v) is 4.06. The van der Waals surface area contributed by atoms with E-state index in [0.29, 0.717) is 0 Å².